The molecule has 2 atom stereocenters. The first-order valence-electron chi connectivity index (χ1n) is 12.6. The summed E-state index contributed by atoms with van der Waals surface area (Å²) in [5.74, 6) is -0.225. The summed E-state index contributed by atoms with van der Waals surface area (Å²) < 4.78 is 8.20. The Morgan fingerprint density at radius 2 is 1.46 bits per heavy atom. The number of carbonyl (C=O) groups excluding carboxylic acids is 2. The Morgan fingerprint density at radius 1 is 0.872 bits per heavy atom. The molecule has 0 radical (unpaired) electrons. The average Bonchev–Trinajstić information content (AvgIpc) is 2.95. The SMILES string of the molecule is COc1ccc([C@@H](C)NC(=O)[C@@H](CCCN=CNSC)NC(=O)C(c2ccccc2)c2ccccc2)cc1.I. The summed E-state index contributed by atoms with van der Waals surface area (Å²) in [6, 6.07) is 25.9. The van der Waals surface area contributed by atoms with Gasteiger partial charge in [0.05, 0.1) is 25.4 Å². The molecular weight excluding hydrogens is 623 g/mol. The molecule has 208 valence electrons. The Hall–Kier alpha value is -3.05. The van der Waals surface area contributed by atoms with E-state index in [4.69, 9.17) is 4.74 Å². The fraction of sp³-hybridized carbons (Fsp3) is 0.300. The number of aliphatic imine (C=N–C) groups is 1. The number of amides is 2. The minimum atomic E-state index is -0.707. The highest BCUT2D eigenvalue weighted by molar-refractivity contribution is 14.0. The fourth-order valence-corrected chi connectivity index (χ4v) is 4.32. The predicted molar refractivity (Wildman–Crippen MR) is 171 cm³/mol. The molecule has 7 nitrogen and oxygen atoms in total. The summed E-state index contributed by atoms with van der Waals surface area (Å²) >= 11 is 1.46. The Morgan fingerprint density at radius 3 is 2.00 bits per heavy atom. The number of methoxy groups -OCH3 is 1. The van der Waals surface area contributed by atoms with E-state index >= 15 is 0 Å². The lowest BCUT2D eigenvalue weighted by molar-refractivity contribution is -0.129. The van der Waals surface area contributed by atoms with Crippen LogP contribution in [0, 0.1) is 0 Å². The van der Waals surface area contributed by atoms with Crippen molar-refractivity contribution in [3.63, 3.8) is 0 Å². The first-order chi connectivity index (χ1) is 18.5. The molecule has 0 aromatic heterocycles. The zero-order valence-corrected chi connectivity index (χ0v) is 25.6. The van der Waals surface area contributed by atoms with E-state index in [1.165, 1.54) is 11.9 Å². The molecule has 0 saturated heterocycles. The lowest BCUT2D eigenvalue weighted by atomic mass is 9.90. The molecule has 3 rings (SSSR count). The summed E-state index contributed by atoms with van der Waals surface area (Å²) in [5.41, 5.74) is 2.69. The van der Waals surface area contributed by atoms with Crippen molar-refractivity contribution >= 4 is 54.1 Å². The molecule has 3 aromatic carbocycles. The molecule has 0 bridgehead atoms. The van der Waals surface area contributed by atoms with Crippen molar-refractivity contribution in [1.82, 2.24) is 15.4 Å². The van der Waals surface area contributed by atoms with Gasteiger partial charge in [-0.3, -0.25) is 14.6 Å². The van der Waals surface area contributed by atoms with Crippen LogP contribution >= 0.6 is 35.9 Å². The maximum absolute atomic E-state index is 13.7. The summed E-state index contributed by atoms with van der Waals surface area (Å²) in [6.45, 7) is 2.47. The van der Waals surface area contributed by atoms with Gasteiger partial charge in [0.25, 0.3) is 0 Å². The molecule has 2 amide bonds. The normalized spacial score (nSPS) is 12.3. The predicted octanol–water partition coefficient (Wildman–Crippen LogP) is 5.48. The second-order valence-electron chi connectivity index (χ2n) is 8.82. The van der Waals surface area contributed by atoms with Crippen LogP contribution in [-0.4, -0.2) is 44.1 Å². The van der Waals surface area contributed by atoms with Gasteiger partial charge in [0, 0.05) is 12.8 Å². The highest BCUT2D eigenvalue weighted by Crippen LogP contribution is 2.25. The average molecular weight is 661 g/mol. The highest BCUT2D eigenvalue weighted by atomic mass is 127. The number of nitrogens with one attached hydrogen (secondary N) is 3. The number of ether oxygens (including phenoxy) is 1. The third kappa shape index (κ3) is 10.2. The first kappa shape index (κ1) is 32.2. The van der Waals surface area contributed by atoms with Gasteiger partial charge in [0.1, 0.15) is 11.8 Å². The minimum Gasteiger partial charge on any atom is -0.497 e. The maximum atomic E-state index is 13.7. The molecule has 3 aromatic rings. The number of hydrogen-bond donors (Lipinski definition) is 3. The molecule has 0 unspecified atom stereocenters. The molecule has 0 saturated carbocycles. The van der Waals surface area contributed by atoms with Crippen molar-refractivity contribution < 1.29 is 14.3 Å². The number of hydrogen-bond acceptors (Lipinski definition) is 5. The summed E-state index contributed by atoms with van der Waals surface area (Å²) in [4.78, 5) is 31.5. The van der Waals surface area contributed by atoms with Crippen LogP contribution in [0.25, 0.3) is 0 Å². The van der Waals surface area contributed by atoms with Gasteiger partial charge < -0.3 is 20.1 Å². The van der Waals surface area contributed by atoms with Crippen LogP contribution in [0.5, 0.6) is 5.75 Å². The molecule has 0 aliphatic carbocycles. The zero-order valence-electron chi connectivity index (χ0n) is 22.5. The third-order valence-corrected chi connectivity index (χ3v) is 6.52. The number of carbonyl (C=O) groups is 2. The number of halogens is 1. The number of benzene rings is 3. The molecule has 0 heterocycles. The van der Waals surface area contributed by atoms with E-state index < -0.39 is 12.0 Å². The van der Waals surface area contributed by atoms with Gasteiger partial charge in [-0.15, -0.1) is 24.0 Å². The molecular formula is C30H37IN4O3S. The van der Waals surface area contributed by atoms with Gasteiger partial charge in [-0.2, -0.15) is 0 Å². The molecule has 3 N–H and O–H groups in total. The van der Waals surface area contributed by atoms with Crippen molar-refractivity contribution in [2.75, 3.05) is 19.9 Å². The molecule has 9 heteroatoms. The van der Waals surface area contributed by atoms with E-state index in [-0.39, 0.29) is 41.8 Å². The van der Waals surface area contributed by atoms with E-state index in [1.807, 2.05) is 98.1 Å². The van der Waals surface area contributed by atoms with Crippen molar-refractivity contribution in [3.8, 4) is 5.75 Å². The number of rotatable bonds is 14. The van der Waals surface area contributed by atoms with Gasteiger partial charge in [0.2, 0.25) is 11.8 Å². The smallest absolute Gasteiger partial charge is 0.243 e. The van der Waals surface area contributed by atoms with Crippen molar-refractivity contribution in [1.29, 1.82) is 0 Å². The zero-order chi connectivity index (χ0) is 27.2. The standard InChI is InChI=1S/C30H36N4O3S.HI/c1-22(23-16-18-26(37-2)19-17-23)33-29(35)27(15-10-20-31-21-32-38-3)34-30(36)28(24-11-6-4-7-12-24)25-13-8-5-9-14-25;/h4-9,11-14,16-19,21-22,27-28H,10,15,20H2,1-3H3,(H,31,32)(H,33,35)(H,34,36);1H/t22-,27-;/m1./s1. The van der Waals surface area contributed by atoms with E-state index in [0.717, 1.165) is 22.4 Å². The van der Waals surface area contributed by atoms with Gasteiger partial charge in [0.15, 0.2) is 0 Å². The Labute approximate surface area is 252 Å². The molecule has 0 fully saturated rings. The maximum Gasteiger partial charge on any atom is 0.243 e. The van der Waals surface area contributed by atoms with Crippen LogP contribution < -0.4 is 20.1 Å². The molecule has 39 heavy (non-hydrogen) atoms. The Balaban J connectivity index is 0.00000533. The minimum absolute atomic E-state index is 0. The molecule has 0 aliphatic rings. The highest BCUT2D eigenvalue weighted by Gasteiger charge is 2.28. The second-order valence-corrected chi connectivity index (χ2v) is 9.46. The quantitative estimate of drug-likeness (QED) is 0.0701. The van der Waals surface area contributed by atoms with Crippen LogP contribution in [0.4, 0.5) is 0 Å². The van der Waals surface area contributed by atoms with Gasteiger partial charge in [-0.1, -0.05) is 84.7 Å². The van der Waals surface area contributed by atoms with Crippen molar-refractivity contribution in [3.05, 3.63) is 102 Å². The Bertz CT molecular complexity index is 1120. The van der Waals surface area contributed by atoms with E-state index in [9.17, 15) is 9.59 Å². The number of nitrogens with zero attached hydrogens (tertiary/aromatic N) is 1. The van der Waals surface area contributed by atoms with Crippen LogP contribution in [0.1, 0.15) is 48.4 Å². The third-order valence-electron chi connectivity index (χ3n) is 6.18. The van der Waals surface area contributed by atoms with Gasteiger partial charge >= 0.3 is 0 Å². The summed E-state index contributed by atoms with van der Waals surface area (Å²) in [7, 11) is 1.62. The lowest BCUT2D eigenvalue weighted by Crippen LogP contribution is -2.48. The first-order valence-corrected chi connectivity index (χ1v) is 13.9. The van der Waals surface area contributed by atoms with E-state index in [1.54, 1.807) is 13.4 Å². The fourth-order valence-electron chi connectivity index (χ4n) is 4.14. The van der Waals surface area contributed by atoms with Gasteiger partial charge in [-0.25, -0.2) is 0 Å². The largest absolute Gasteiger partial charge is 0.497 e. The Kier molecular flexibility index (Phi) is 14.4. The van der Waals surface area contributed by atoms with E-state index in [2.05, 4.69) is 20.3 Å². The summed E-state index contributed by atoms with van der Waals surface area (Å²) in [5, 5.41) is 6.12. The van der Waals surface area contributed by atoms with Crippen LogP contribution in [-0.2, 0) is 9.59 Å². The molecule has 0 aliphatic heterocycles. The van der Waals surface area contributed by atoms with Crippen molar-refractivity contribution in [2.45, 2.75) is 37.8 Å². The second kappa shape index (κ2) is 17.5. The van der Waals surface area contributed by atoms with E-state index in [0.29, 0.717) is 19.4 Å². The lowest BCUT2D eigenvalue weighted by Gasteiger charge is -2.25. The monoisotopic (exact) mass is 660 g/mol. The summed E-state index contributed by atoms with van der Waals surface area (Å²) in [6.07, 6.45) is 4.66. The van der Waals surface area contributed by atoms with Gasteiger partial charge in [-0.05, 0) is 48.6 Å². The topological polar surface area (TPSA) is 91.8 Å². The van der Waals surface area contributed by atoms with Crippen molar-refractivity contribution in [2.24, 2.45) is 4.99 Å². The molecule has 0 spiro atoms. The van der Waals surface area contributed by atoms with Crippen LogP contribution in [0.3, 0.4) is 0 Å². The van der Waals surface area contributed by atoms with Crippen LogP contribution in [0.15, 0.2) is 89.9 Å². The van der Waals surface area contributed by atoms with Crippen LogP contribution in [0.2, 0.25) is 0 Å².